The van der Waals surface area contributed by atoms with Crippen LogP contribution in [-0.2, 0) is 19.6 Å². The van der Waals surface area contributed by atoms with Crippen LogP contribution in [0.3, 0.4) is 0 Å². The van der Waals surface area contributed by atoms with Gasteiger partial charge in [-0.1, -0.05) is 0 Å². The van der Waals surface area contributed by atoms with Crippen LogP contribution in [0.25, 0.3) is 0 Å². The van der Waals surface area contributed by atoms with E-state index in [9.17, 15) is 18.0 Å². The molecule has 2 fully saturated rings. The van der Waals surface area contributed by atoms with Crippen LogP contribution >= 0.6 is 0 Å². The number of carboxylic acids is 1. The molecule has 2 aliphatic rings. The molecule has 1 saturated carbocycles. The molecular weight excluding hydrogens is 272 g/mol. The SMILES string of the molecule is CS(=O)(=O)N1CCCC1C(=O)NC(C(=O)O)C1CC1. The van der Waals surface area contributed by atoms with Gasteiger partial charge in [-0.2, -0.15) is 4.31 Å². The minimum atomic E-state index is -3.43. The largest absolute Gasteiger partial charge is 0.480 e. The fraction of sp³-hybridized carbons (Fsp3) is 0.818. The number of carboxylic acid groups (broad SMARTS) is 1. The summed E-state index contributed by atoms with van der Waals surface area (Å²) in [4.78, 5) is 23.1. The van der Waals surface area contributed by atoms with Gasteiger partial charge >= 0.3 is 5.97 Å². The molecule has 8 heteroatoms. The molecule has 0 radical (unpaired) electrons. The van der Waals surface area contributed by atoms with Gasteiger partial charge in [0, 0.05) is 6.54 Å². The lowest BCUT2D eigenvalue weighted by Crippen LogP contribution is -2.51. The summed E-state index contributed by atoms with van der Waals surface area (Å²) < 4.78 is 24.2. The van der Waals surface area contributed by atoms with Gasteiger partial charge in [0.1, 0.15) is 12.1 Å². The van der Waals surface area contributed by atoms with Gasteiger partial charge in [0.05, 0.1) is 6.26 Å². The monoisotopic (exact) mass is 290 g/mol. The maximum atomic E-state index is 12.1. The number of hydrogen-bond donors (Lipinski definition) is 2. The van der Waals surface area contributed by atoms with Crippen molar-refractivity contribution in [3.05, 3.63) is 0 Å². The minimum absolute atomic E-state index is 0.0189. The molecule has 108 valence electrons. The molecule has 1 saturated heterocycles. The maximum absolute atomic E-state index is 12.1. The molecule has 1 aliphatic heterocycles. The molecule has 7 nitrogen and oxygen atoms in total. The third-order valence-corrected chi connectivity index (χ3v) is 4.88. The molecule has 0 aromatic carbocycles. The van der Waals surface area contributed by atoms with Gasteiger partial charge in [-0.25, -0.2) is 13.2 Å². The van der Waals surface area contributed by atoms with Gasteiger partial charge in [0.15, 0.2) is 0 Å². The van der Waals surface area contributed by atoms with Crippen LogP contribution < -0.4 is 5.32 Å². The Morgan fingerprint density at radius 2 is 1.95 bits per heavy atom. The van der Waals surface area contributed by atoms with E-state index in [1.807, 2.05) is 0 Å². The Labute approximate surface area is 112 Å². The number of hydrogen-bond acceptors (Lipinski definition) is 4. The van der Waals surface area contributed by atoms with Gasteiger partial charge in [-0.15, -0.1) is 0 Å². The number of nitrogens with zero attached hydrogens (tertiary/aromatic N) is 1. The quantitative estimate of drug-likeness (QED) is 0.703. The summed E-state index contributed by atoms with van der Waals surface area (Å²) in [5.41, 5.74) is 0. The zero-order valence-corrected chi connectivity index (χ0v) is 11.5. The van der Waals surface area contributed by atoms with E-state index in [4.69, 9.17) is 5.11 Å². The zero-order valence-electron chi connectivity index (χ0n) is 10.7. The number of carbonyl (C=O) groups is 2. The molecule has 2 rings (SSSR count). The van der Waals surface area contributed by atoms with Gasteiger partial charge in [0.25, 0.3) is 0 Å². The molecule has 2 N–H and O–H groups in total. The van der Waals surface area contributed by atoms with E-state index in [1.54, 1.807) is 0 Å². The van der Waals surface area contributed by atoms with E-state index < -0.39 is 34.0 Å². The van der Waals surface area contributed by atoms with Crippen LogP contribution in [0.2, 0.25) is 0 Å². The second-order valence-electron chi connectivity index (χ2n) is 5.19. The molecule has 1 aliphatic carbocycles. The fourth-order valence-corrected chi connectivity index (χ4v) is 3.58. The number of aliphatic carboxylic acids is 1. The summed E-state index contributed by atoms with van der Waals surface area (Å²) in [6.45, 7) is 0.318. The highest BCUT2D eigenvalue weighted by atomic mass is 32.2. The molecular formula is C11H18N2O5S. The minimum Gasteiger partial charge on any atom is -0.480 e. The van der Waals surface area contributed by atoms with Crippen LogP contribution in [0.5, 0.6) is 0 Å². The first-order chi connectivity index (χ1) is 8.80. The summed E-state index contributed by atoms with van der Waals surface area (Å²) in [6, 6.07) is -1.66. The lowest BCUT2D eigenvalue weighted by molar-refractivity contribution is -0.142. The fourth-order valence-electron chi connectivity index (χ4n) is 2.46. The van der Waals surface area contributed by atoms with Gasteiger partial charge in [0.2, 0.25) is 15.9 Å². The first-order valence-corrected chi connectivity index (χ1v) is 8.15. The van der Waals surface area contributed by atoms with E-state index in [1.165, 1.54) is 0 Å². The second kappa shape index (κ2) is 5.09. The summed E-state index contributed by atoms with van der Waals surface area (Å²) in [5, 5.41) is 11.5. The predicted molar refractivity (Wildman–Crippen MR) is 66.9 cm³/mol. The average molecular weight is 290 g/mol. The Bertz CT molecular complexity index is 485. The van der Waals surface area contributed by atoms with Crippen molar-refractivity contribution in [1.29, 1.82) is 0 Å². The number of amides is 1. The molecule has 0 spiro atoms. The number of rotatable bonds is 5. The van der Waals surface area contributed by atoms with Gasteiger partial charge < -0.3 is 10.4 Å². The Kier molecular flexibility index (Phi) is 3.82. The van der Waals surface area contributed by atoms with E-state index in [-0.39, 0.29) is 5.92 Å². The molecule has 0 aromatic rings. The highest BCUT2D eigenvalue weighted by Crippen LogP contribution is 2.33. The highest BCUT2D eigenvalue weighted by Gasteiger charge is 2.41. The molecule has 0 aromatic heterocycles. The van der Waals surface area contributed by atoms with Crippen molar-refractivity contribution in [1.82, 2.24) is 9.62 Å². The standard InChI is InChI=1S/C11H18N2O5S/c1-19(17,18)13-6-2-3-8(13)10(14)12-9(11(15)16)7-4-5-7/h7-9H,2-6H2,1H3,(H,12,14)(H,15,16). The normalized spacial score (nSPS) is 26.1. The van der Waals surface area contributed by atoms with Gasteiger partial charge in [-0.05, 0) is 31.6 Å². The van der Waals surface area contributed by atoms with Gasteiger partial charge in [-0.3, -0.25) is 4.79 Å². The van der Waals surface area contributed by atoms with Crippen molar-refractivity contribution in [2.45, 2.75) is 37.8 Å². The van der Waals surface area contributed by atoms with Crippen molar-refractivity contribution in [2.24, 2.45) is 5.92 Å². The highest BCUT2D eigenvalue weighted by molar-refractivity contribution is 7.88. The Hall–Kier alpha value is -1.15. The predicted octanol–water partition coefficient (Wildman–Crippen LogP) is -0.610. The molecule has 19 heavy (non-hydrogen) atoms. The van der Waals surface area contributed by atoms with Crippen molar-refractivity contribution in [2.75, 3.05) is 12.8 Å². The van der Waals surface area contributed by atoms with Crippen LogP contribution in [0.4, 0.5) is 0 Å². The van der Waals surface area contributed by atoms with Crippen LogP contribution in [0.1, 0.15) is 25.7 Å². The van der Waals surface area contributed by atoms with Crippen molar-refractivity contribution in [3.63, 3.8) is 0 Å². The molecule has 0 bridgehead atoms. The summed E-state index contributed by atoms with van der Waals surface area (Å²) in [7, 11) is -3.43. The van der Waals surface area contributed by atoms with E-state index in [0.29, 0.717) is 19.4 Å². The van der Waals surface area contributed by atoms with E-state index in [0.717, 1.165) is 23.4 Å². The Morgan fingerprint density at radius 1 is 1.32 bits per heavy atom. The lowest BCUT2D eigenvalue weighted by Gasteiger charge is -2.23. The van der Waals surface area contributed by atoms with E-state index >= 15 is 0 Å². The van der Waals surface area contributed by atoms with Crippen molar-refractivity contribution < 1.29 is 23.1 Å². The van der Waals surface area contributed by atoms with Crippen LogP contribution in [0.15, 0.2) is 0 Å². The molecule has 1 heterocycles. The Morgan fingerprint density at radius 3 is 2.42 bits per heavy atom. The maximum Gasteiger partial charge on any atom is 0.326 e. The first kappa shape index (κ1) is 14.3. The van der Waals surface area contributed by atoms with E-state index in [2.05, 4.69) is 5.32 Å². The topological polar surface area (TPSA) is 104 Å². The first-order valence-electron chi connectivity index (χ1n) is 6.30. The van der Waals surface area contributed by atoms with Crippen molar-refractivity contribution >= 4 is 21.9 Å². The zero-order chi connectivity index (χ0) is 14.2. The Balaban J connectivity index is 2.04. The molecule has 2 atom stereocenters. The summed E-state index contributed by atoms with van der Waals surface area (Å²) in [6.07, 6.45) is 3.70. The summed E-state index contributed by atoms with van der Waals surface area (Å²) >= 11 is 0. The number of carbonyl (C=O) groups excluding carboxylic acids is 1. The number of sulfonamides is 1. The second-order valence-corrected chi connectivity index (χ2v) is 7.13. The third kappa shape index (κ3) is 3.24. The molecule has 1 amide bonds. The number of nitrogens with one attached hydrogen (secondary N) is 1. The smallest absolute Gasteiger partial charge is 0.326 e. The average Bonchev–Trinajstić information content (AvgIpc) is 2.98. The van der Waals surface area contributed by atoms with Crippen molar-refractivity contribution in [3.8, 4) is 0 Å². The van der Waals surface area contributed by atoms with Crippen LogP contribution in [0, 0.1) is 5.92 Å². The third-order valence-electron chi connectivity index (χ3n) is 3.59. The molecule has 2 unspecified atom stereocenters. The summed E-state index contributed by atoms with van der Waals surface area (Å²) in [5.74, 6) is -1.57. The lowest BCUT2D eigenvalue weighted by atomic mass is 10.1. The van der Waals surface area contributed by atoms with Crippen LogP contribution in [-0.4, -0.2) is 54.6 Å².